The Labute approximate surface area is 140 Å². The van der Waals surface area contributed by atoms with Gasteiger partial charge in [-0.15, -0.1) is 0 Å². The third kappa shape index (κ3) is 3.32. The fourth-order valence-corrected chi connectivity index (χ4v) is 2.44. The number of imidazole rings is 1. The van der Waals surface area contributed by atoms with Crippen molar-refractivity contribution in [3.05, 3.63) is 48.8 Å². The van der Waals surface area contributed by atoms with E-state index in [1.807, 2.05) is 60.1 Å². The summed E-state index contributed by atoms with van der Waals surface area (Å²) in [5, 5.41) is 1.42. The Morgan fingerprint density at radius 1 is 1.25 bits per heavy atom. The van der Waals surface area contributed by atoms with Gasteiger partial charge in [-0.25, -0.2) is 10.0 Å². The van der Waals surface area contributed by atoms with Crippen LogP contribution in [0.5, 0.6) is 5.75 Å². The van der Waals surface area contributed by atoms with Crippen molar-refractivity contribution in [2.45, 2.75) is 13.8 Å². The van der Waals surface area contributed by atoms with E-state index in [0.717, 1.165) is 28.3 Å². The number of pyridine rings is 1. The second-order valence-corrected chi connectivity index (χ2v) is 5.31. The van der Waals surface area contributed by atoms with Crippen molar-refractivity contribution in [3.63, 3.8) is 0 Å². The van der Waals surface area contributed by atoms with Crippen molar-refractivity contribution in [1.82, 2.24) is 9.38 Å². The highest BCUT2D eigenvalue weighted by molar-refractivity contribution is 5.69. The van der Waals surface area contributed by atoms with Gasteiger partial charge in [0.2, 0.25) is 0 Å². The Morgan fingerprint density at radius 2 is 2.00 bits per heavy atom. The van der Waals surface area contributed by atoms with Gasteiger partial charge in [-0.2, -0.15) is 0 Å². The quantitative estimate of drug-likeness (QED) is 0.674. The number of carbonyl (C=O) groups excluding carboxylic acids is 1. The van der Waals surface area contributed by atoms with Crippen LogP contribution >= 0.6 is 0 Å². The predicted molar refractivity (Wildman–Crippen MR) is 92.0 cm³/mol. The number of ether oxygens (including phenoxy) is 1. The van der Waals surface area contributed by atoms with E-state index in [4.69, 9.17) is 9.57 Å². The number of aromatic nitrogens is 2. The molecule has 24 heavy (non-hydrogen) atoms. The summed E-state index contributed by atoms with van der Waals surface area (Å²) in [7, 11) is 1.68. The monoisotopic (exact) mass is 325 g/mol. The first-order valence-electron chi connectivity index (χ1n) is 7.71. The molecule has 0 spiro atoms. The van der Waals surface area contributed by atoms with E-state index in [-0.39, 0.29) is 5.97 Å². The van der Waals surface area contributed by atoms with Crippen LogP contribution in [0.1, 0.15) is 13.8 Å². The molecule has 2 aromatic heterocycles. The molecule has 3 aromatic rings. The van der Waals surface area contributed by atoms with Crippen LogP contribution in [0.4, 0.5) is 5.69 Å². The zero-order valence-electron chi connectivity index (χ0n) is 13.9. The van der Waals surface area contributed by atoms with E-state index in [2.05, 4.69) is 4.98 Å². The number of hydrogen-bond acceptors (Lipinski definition) is 5. The minimum Gasteiger partial charge on any atom is -0.494 e. The molecule has 0 aliphatic rings. The standard InChI is InChI=1S/C18H19N3O3/c1-4-23-16-7-5-14(6-8-16)17-12-21-10-9-15(11-18(21)19-17)20(3)24-13(2)22/h5-12H,4H2,1-3H3. The predicted octanol–water partition coefficient (Wildman–Crippen LogP) is 3.31. The highest BCUT2D eigenvalue weighted by Crippen LogP contribution is 2.24. The third-order valence-electron chi connectivity index (χ3n) is 3.53. The Morgan fingerprint density at radius 3 is 2.67 bits per heavy atom. The zero-order valence-corrected chi connectivity index (χ0v) is 13.9. The Hall–Kier alpha value is -3.02. The molecule has 2 heterocycles. The number of hydroxylamine groups is 1. The first-order chi connectivity index (χ1) is 11.6. The fraction of sp³-hybridized carbons (Fsp3) is 0.222. The Balaban J connectivity index is 1.89. The van der Waals surface area contributed by atoms with Gasteiger partial charge < -0.3 is 14.0 Å². The van der Waals surface area contributed by atoms with Crippen molar-refractivity contribution in [1.29, 1.82) is 0 Å². The molecule has 0 aliphatic carbocycles. The van der Waals surface area contributed by atoms with Gasteiger partial charge in [-0.05, 0) is 37.3 Å². The zero-order chi connectivity index (χ0) is 17.1. The molecule has 0 radical (unpaired) electrons. The van der Waals surface area contributed by atoms with E-state index in [0.29, 0.717) is 6.61 Å². The maximum atomic E-state index is 11.1. The molecular weight excluding hydrogens is 306 g/mol. The number of benzene rings is 1. The number of hydrogen-bond donors (Lipinski definition) is 0. The molecule has 6 heteroatoms. The second kappa shape index (κ2) is 6.62. The van der Waals surface area contributed by atoms with Crippen LogP contribution in [0.2, 0.25) is 0 Å². The summed E-state index contributed by atoms with van der Waals surface area (Å²) in [5.41, 5.74) is 3.40. The minimum atomic E-state index is -0.365. The average molecular weight is 325 g/mol. The third-order valence-corrected chi connectivity index (χ3v) is 3.53. The SMILES string of the molecule is CCOc1ccc(-c2cn3ccc(N(C)OC(C)=O)cc3n2)cc1. The molecule has 1 aromatic carbocycles. The lowest BCUT2D eigenvalue weighted by atomic mass is 10.2. The van der Waals surface area contributed by atoms with Crippen LogP contribution < -0.4 is 9.80 Å². The van der Waals surface area contributed by atoms with Crippen molar-refractivity contribution in [2.24, 2.45) is 0 Å². The van der Waals surface area contributed by atoms with Crippen LogP contribution in [-0.4, -0.2) is 29.0 Å². The number of rotatable bonds is 5. The number of fused-ring (bicyclic) bond motifs is 1. The van der Waals surface area contributed by atoms with Gasteiger partial charge in [-0.3, -0.25) is 4.79 Å². The van der Waals surface area contributed by atoms with Crippen molar-refractivity contribution in [2.75, 3.05) is 18.7 Å². The van der Waals surface area contributed by atoms with Crippen molar-refractivity contribution in [3.8, 4) is 17.0 Å². The molecule has 0 bridgehead atoms. The summed E-state index contributed by atoms with van der Waals surface area (Å²) in [5.74, 6) is 0.478. The number of anilines is 1. The highest BCUT2D eigenvalue weighted by Gasteiger charge is 2.09. The largest absolute Gasteiger partial charge is 0.494 e. The Bertz CT molecular complexity index is 856. The van der Waals surface area contributed by atoms with Crippen LogP contribution in [-0.2, 0) is 9.63 Å². The summed E-state index contributed by atoms with van der Waals surface area (Å²) in [4.78, 5) is 20.8. The number of carbonyl (C=O) groups is 1. The molecule has 0 fully saturated rings. The highest BCUT2D eigenvalue weighted by atomic mass is 16.7. The van der Waals surface area contributed by atoms with E-state index < -0.39 is 0 Å². The van der Waals surface area contributed by atoms with E-state index in [1.54, 1.807) is 7.05 Å². The molecule has 0 amide bonds. The number of nitrogens with zero attached hydrogens (tertiary/aromatic N) is 3. The van der Waals surface area contributed by atoms with Gasteiger partial charge in [0.25, 0.3) is 0 Å². The van der Waals surface area contributed by atoms with Gasteiger partial charge >= 0.3 is 5.97 Å². The van der Waals surface area contributed by atoms with Crippen LogP contribution in [0.25, 0.3) is 16.9 Å². The molecular formula is C18H19N3O3. The molecule has 0 unspecified atom stereocenters. The minimum absolute atomic E-state index is 0.365. The van der Waals surface area contributed by atoms with E-state index in [1.165, 1.54) is 12.0 Å². The van der Waals surface area contributed by atoms with Gasteiger partial charge in [-0.1, -0.05) is 0 Å². The lowest BCUT2D eigenvalue weighted by molar-refractivity contribution is -0.141. The topological polar surface area (TPSA) is 56.1 Å². The summed E-state index contributed by atoms with van der Waals surface area (Å²) >= 11 is 0. The maximum Gasteiger partial charge on any atom is 0.329 e. The average Bonchev–Trinajstić information content (AvgIpc) is 2.98. The lowest BCUT2D eigenvalue weighted by Gasteiger charge is -2.16. The first kappa shape index (κ1) is 15.9. The first-order valence-corrected chi connectivity index (χ1v) is 7.71. The summed E-state index contributed by atoms with van der Waals surface area (Å²) in [6.45, 7) is 3.97. The summed E-state index contributed by atoms with van der Waals surface area (Å²) in [6, 6.07) is 11.6. The smallest absolute Gasteiger partial charge is 0.329 e. The summed E-state index contributed by atoms with van der Waals surface area (Å²) in [6.07, 6.45) is 3.84. The molecule has 0 N–H and O–H groups in total. The van der Waals surface area contributed by atoms with Crippen LogP contribution in [0, 0.1) is 0 Å². The van der Waals surface area contributed by atoms with Gasteiger partial charge in [0.1, 0.15) is 11.4 Å². The van der Waals surface area contributed by atoms with E-state index >= 15 is 0 Å². The molecule has 6 nitrogen and oxygen atoms in total. The van der Waals surface area contributed by atoms with Crippen molar-refractivity contribution >= 4 is 17.3 Å². The molecule has 0 atom stereocenters. The van der Waals surface area contributed by atoms with E-state index in [9.17, 15) is 4.79 Å². The molecule has 0 saturated carbocycles. The van der Waals surface area contributed by atoms with Gasteiger partial charge in [0.05, 0.1) is 18.0 Å². The van der Waals surface area contributed by atoms with Gasteiger partial charge in [0, 0.05) is 38.0 Å². The Kier molecular flexibility index (Phi) is 4.37. The molecule has 124 valence electrons. The fourth-order valence-electron chi connectivity index (χ4n) is 2.44. The van der Waals surface area contributed by atoms with Crippen LogP contribution in [0.15, 0.2) is 48.8 Å². The summed E-state index contributed by atoms with van der Waals surface area (Å²) < 4.78 is 7.38. The molecule has 0 saturated heterocycles. The lowest BCUT2D eigenvalue weighted by Crippen LogP contribution is -2.20. The normalized spacial score (nSPS) is 10.6. The molecule has 3 rings (SSSR count). The van der Waals surface area contributed by atoms with Gasteiger partial charge in [0.15, 0.2) is 0 Å². The molecule has 0 aliphatic heterocycles. The van der Waals surface area contributed by atoms with Crippen LogP contribution in [0.3, 0.4) is 0 Å². The second-order valence-electron chi connectivity index (χ2n) is 5.31. The van der Waals surface area contributed by atoms with Crippen molar-refractivity contribution < 1.29 is 14.4 Å². The maximum absolute atomic E-state index is 11.1.